The van der Waals surface area contributed by atoms with Gasteiger partial charge in [0.1, 0.15) is 17.7 Å². The molecule has 0 aliphatic heterocycles. The molecule has 2 rings (SSSR count). The fourth-order valence-electron chi connectivity index (χ4n) is 1.29. The number of rotatable bonds is 1. The molecule has 4 heteroatoms. The molecule has 3 nitrogen and oxygen atoms in total. The van der Waals surface area contributed by atoms with Crippen LogP contribution < -0.4 is 0 Å². The molecule has 0 amide bonds. The molecule has 13 heavy (non-hydrogen) atoms. The van der Waals surface area contributed by atoms with Crippen LogP contribution in [0.25, 0.3) is 5.52 Å². The fourth-order valence-corrected chi connectivity index (χ4v) is 1.29. The van der Waals surface area contributed by atoms with E-state index in [0.717, 1.165) is 5.52 Å². The van der Waals surface area contributed by atoms with Gasteiger partial charge in [-0.15, -0.1) is 0 Å². The quantitative estimate of drug-likeness (QED) is 0.722. The van der Waals surface area contributed by atoms with Crippen molar-refractivity contribution in [2.45, 2.75) is 13.0 Å². The highest BCUT2D eigenvalue weighted by Crippen LogP contribution is 2.14. The molecule has 1 N–H and O–H groups in total. The molecule has 0 saturated heterocycles. The summed E-state index contributed by atoms with van der Waals surface area (Å²) >= 11 is 0. The predicted octanol–water partition coefficient (Wildman–Crippen LogP) is 1.53. The minimum atomic E-state index is -0.690. The number of pyridine rings is 1. The van der Waals surface area contributed by atoms with Crippen LogP contribution in [-0.4, -0.2) is 14.5 Å². The topological polar surface area (TPSA) is 37.5 Å². The Labute approximate surface area is 74.5 Å². The largest absolute Gasteiger partial charge is 0.385 e. The molecule has 1 atom stereocenters. The van der Waals surface area contributed by atoms with E-state index in [9.17, 15) is 9.50 Å². The summed E-state index contributed by atoms with van der Waals surface area (Å²) < 4.78 is 14.4. The summed E-state index contributed by atoms with van der Waals surface area (Å²) in [5.74, 6) is 0.113. The lowest BCUT2D eigenvalue weighted by Gasteiger charge is -2.02. The van der Waals surface area contributed by atoms with Gasteiger partial charge in [0.05, 0.1) is 11.7 Å². The summed E-state index contributed by atoms with van der Waals surface area (Å²) in [4.78, 5) is 3.98. The third-order valence-corrected chi connectivity index (χ3v) is 1.89. The Morgan fingerprint density at radius 1 is 1.54 bits per heavy atom. The Bertz CT molecular complexity index is 436. The van der Waals surface area contributed by atoms with Crippen molar-refractivity contribution in [3.05, 3.63) is 36.2 Å². The van der Waals surface area contributed by atoms with E-state index in [4.69, 9.17) is 0 Å². The van der Waals surface area contributed by atoms with Crippen molar-refractivity contribution in [3.63, 3.8) is 0 Å². The lowest BCUT2D eigenvalue weighted by molar-refractivity contribution is 0.188. The maximum Gasteiger partial charge on any atom is 0.142 e. The minimum absolute atomic E-state index is 0.340. The first kappa shape index (κ1) is 8.19. The van der Waals surface area contributed by atoms with Crippen molar-refractivity contribution >= 4 is 5.52 Å². The number of aromatic nitrogens is 2. The highest BCUT2D eigenvalue weighted by molar-refractivity contribution is 5.45. The van der Waals surface area contributed by atoms with Crippen molar-refractivity contribution in [2.24, 2.45) is 0 Å². The molecule has 2 aromatic rings. The molecule has 0 fully saturated rings. The molecule has 0 aliphatic rings. The standard InChI is InChI=1S/C9H9FN2O/c1-6(13)9-11-4-8-3-2-7(10)5-12(8)9/h2-6,13H,1H3. The summed E-state index contributed by atoms with van der Waals surface area (Å²) in [6, 6.07) is 2.98. The van der Waals surface area contributed by atoms with Gasteiger partial charge in [-0.2, -0.15) is 0 Å². The number of aliphatic hydroxyl groups excluding tert-OH is 1. The summed E-state index contributed by atoms with van der Waals surface area (Å²) in [7, 11) is 0. The molecule has 0 saturated carbocycles. The molecule has 0 radical (unpaired) electrons. The highest BCUT2D eigenvalue weighted by atomic mass is 19.1. The average molecular weight is 180 g/mol. The molecule has 2 heterocycles. The van der Waals surface area contributed by atoms with Crippen LogP contribution in [-0.2, 0) is 0 Å². The molecule has 68 valence electrons. The Balaban J connectivity index is 2.71. The molecular weight excluding hydrogens is 171 g/mol. The van der Waals surface area contributed by atoms with Crippen molar-refractivity contribution in [3.8, 4) is 0 Å². The first-order valence-corrected chi connectivity index (χ1v) is 3.99. The number of fused-ring (bicyclic) bond motifs is 1. The van der Waals surface area contributed by atoms with E-state index < -0.39 is 6.10 Å². The highest BCUT2D eigenvalue weighted by Gasteiger charge is 2.08. The Morgan fingerprint density at radius 2 is 2.31 bits per heavy atom. The number of hydrogen-bond donors (Lipinski definition) is 1. The maximum atomic E-state index is 12.8. The van der Waals surface area contributed by atoms with E-state index in [1.807, 2.05) is 0 Å². The zero-order valence-corrected chi connectivity index (χ0v) is 7.11. The van der Waals surface area contributed by atoms with Crippen molar-refractivity contribution < 1.29 is 9.50 Å². The van der Waals surface area contributed by atoms with E-state index in [1.54, 1.807) is 23.6 Å². The average Bonchev–Trinajstić information content (AvgIpc) is 2.46. The van der Waals surface area contributed by atoms with Crippen LogP contribution in [0.3, 0.4) is 0 Å². The zero-order chi connectivity index (χ0) is 9.42. The van der Waals surface area contributed by atoms with Gasteiger partial charge in [-0.05, 0) is 19.1 Å². The summed E-state index contributed by atoms with van der Waals surface area (Å²) in [5.41, 5.74) is 0.775. The van der Waals surface area contributed by atoms with E-state index >= 15 is 0 Å². The van der Waals surface area contributed by atoms with Gasteiger partial charge >= 0.3 is 0 Å². The molecular formula is C9H9FN2O. The minimum Gasteiger partial charge on any atom is -0.385 e. The summed E-state index contributed by atoms with van der Waals surface area (Å²) in [6.45, 7) is 1.60. The van der Waals surface area contributed by atoms with Crippen molar-refractivity contribution in [1.82, 2.24) is 9.38 Å². The molecule has 0 aliphatic carbocycles. The van der Waals surface area contributed by atoms with Crippen LogP contribution in [0.4, 0.5) is 4.39 Å². The number of halogens is 1. The second-order valence-electron chi connectivity index (χ2n) is 2.93. The molecule has 2 aromatic heterocycles. The van der Waals surface area contributed by atoms with E-state index in [-0.39, 0.29) is 5.82 Å². The first-order valence-electron chi connectivity index (χ1n) is 3.99. The fraction of sp³-hybridized carbons (Fsp3) is 0.222. The summed E-state index contributed by atoms with van der Waals surface area (Å²) in [6.07, 6.45) is 2.22. The van der Waals surface area contributed by atoms with Crippen LogP contribution >= 0.6 is 0 Å². The zero-order valence-electron chi connectivity index (χ0n) is 7.11. The van der Waals surface area contributed by atoms with E-state index in [0.29, 0.717) is 5.82 Å². The normalized spacial score (nSPS) is 13.5. The van der Waals surface area contributed by atoms with Gasteiger partial charge < -0.3 is 5.11 Å². The van der Waals surface area contributed by atoms with Crippen molar-refractivity contribution in [1.29, 1.82) is 0 Å². The third-order valence-electron chi connectivity index (χ3n) is 1.89. The predicted molar refractivity (Wildman–Crippen MR) is 45.8 cm³/mol. The monoisotopic (exact) mass is 180 g/mol. The second kappa shape index (κ2) is 2.81. The molecule has 1 unspecified atom stereocenters. The molecule has 0 aromatic carbocycles. The summed E-state index contributed by atoms with van der Waals surface area (Å²) in [5, 5.41) is 9.30. The van der Waals surface area contributed by atoms with Gasteiger partial charge in [-0.1, -0.05) is 0 Å². The maximum absolute atomic E-state index is 12.8. The number of hydrogen-bond acceptors (Lipinski definition) is 2. The lowest BCUT2D eigenvalue weighted by Crippen LogP contribution is -1.99. The van der Waals surface area contributed by atoms with E-state index in [2.05, 4.69) is 4.98 Å². The van der Waals surface area contributed by atoms with Crippen molar-refractivity contribution in [2.75, 3.05) is 0 Å². The van der Waals surface area contributed by atoms with Crippen LogP contribution in [0.1, 0.15) is 18.9 Å². The smallest absolute Gasteiger partial charge is 0.142 e. The van der Waals surface area contributed by atoms with Gasteiger partial charge in [0.25, 0.3) is 0 Å². The van der Waals surface area contributed by atoms with Gasteiger partial charge in [0.2, 0.25) is 0 Å². The lowest BCUT2D eigenvalue weighted by atomic mass is 10.3. The van der Waals surface area contributed by atoms with Crippen LogP contribution in [0.5, 0.6) is 0 Å². The van der Waals surface area contributed by atoms with Gasteiger partial charge in [-0.3, -0.25) is 4.40 Å². The van der Waals surface area contributed by atoms with Crippen LogP contribution in [0.2, 0.25) is 0 Å². The Morgan fingerprint density at radius 3 is 3.00 bits per heavy atom. The van der Waals surface area contributed by atoms with Gasteiger partial charge in [0, 0.05) is 6.20 Å². The first-order chi connectivity index (χ1) is 6.18. The van der Waals surface area contributed by atoms with Crippen LogP contribution in [0, 0.1) is 5.82 Å². The Kier molecular flexibility index (Phi) is 1.77. The SMILES string of the molecule is CC(O)c1ncc2ccc(F)cn12. The number of aliphatic hydroxyl groups is 1. The third kappa shape index (κ3) is 1.29. The van der Waals surface area contributed by atoms with Crippen LogP contribution in [0.15, 0.2) is 24.5 Å². The van der Waals surface area contributed by atoms with Gasteiger partial charge in [0.15, 0.2) is 0 Å². The Hall–Kier alpha value is -1.42. The van der Waals surface area contributed by atoms with E-state index in [1.165, 1.54) is 12.3 Å². The number of imidazole rings is 1. The number of nitrogens with zero attached hydrogens (tertiary/aromatic N) is 2. The second-order valence-corrected chi connectivity index (χ2v) is 2.93. The van der Waals surface area contributed by atoms with Gasteiger partial charge in [-0.25, -0.2) is 9.37 Å². The molecule has 0 spiro atoms. The molecule has 0 bridgehead atoms.